The van der Waals surface area contributed by atoms with E-state index >= 15 is 0 Å². The van der Waals surface area contributed by atoms with Crippen molar-refractivity contribution in [2.24, 2.45) is 5.73 Å². The lowest BCUT2D eigenvalue weighted by molar-refractivity contribution is 0.00224. The van der Waals surface area contributed by atoms with E-state index in [0.717, 1.165) is 16.5 Å². The standard InChI is InChI=1S/C24H25F2N5O2/c1-2-33-22-12-16(20-7-3-5-17(29-20)9-10-24(25,26)15-27)11-21-19(22)13-28-31(21)23-8-4-6-18(14-32)30-23/h3-8,11-13,32H,2,9-10,14-15,27H2,1H3. The number of fused-ring (bicyclic) bond motifs is 1. The molecule has 33 heavy (non-hydrogen) atoms. The number of ether oxygens (including phenoxy) is 1. The van der Waals surface area contributed by atoms with E-state index in [9.17, 15) is 13.9 Å². The van der Waals surface area contributed by atoms with Crippen molar-refractivity contribution >= 4 is 10.9 Å². The SMILES string of the molecule is CCOc1cc(-c2cccc(CCC(F)(F)CN)n2)cc2c1cnn2-c1cccc(CO)n1. The number of aliphatic hydroxyl groups is 1. The fourth-order valence-electron chi connectivity index (χ4n) is 3.57. The van der Waals surface area contributed by atoms with Gasteiger partial charge in [0.15, 0.2) is 5.82 Å². The van der Waals surface area contributed by atoms with Crippen LogP contribution in [0.5, 0.6) is 5.75 Å². The lowest BCUT2D eigenvalue weighted by atomic mass is 10.1. The summed E-state index contributed by atoms with van der Waals surface area (Å²) in [4.78, 5) is 9.04. The minimum Gasteiger partial charge on any atom is -0.493 e. The summed E-state index contributed by atoms with van der Waals surface area (Å²) in [5.74, 6) is -1.72. The molecule has 0 spiro atoms. The molecule has 172 valence electrons. The molecule has 0 aliphatic heterocycles. The van der Waals surface area contributed by atoms with Gasteiger partial charge in [-0.05, 0) is 49.7 Å². The first-order valence-corrected chi connectivity index (χ1v) is 10.7. The number of aryl methyl sites for hydroxylation is 1. The van der Waals surface area contributed by atoms with Crippen LogP contribution < -0.4 is 10.5 Å². The third-order valence-corrected chi connectivity index (χ3v) is 5.27. The molecule has 1 aromatic carbocycles. The Labute approximate surface area is 189 Å². The molecule has 3 N–H and O–H groups in total. The van der Waals surface area contributed by atoms with Crippen molar-refractivity contribution in [3.8, 4) is 22.8 Å². The molecule has 0 aliphatic carbocycles. The van der Waals surface area contributed by atoms with Crippen LogP contribution in [0.3, 0.4) is 0 Å². The fourth-order valence-corrected chi connectivity index (χ4v) is 3.57. The van der Waals surface area contributed by atoms with Crippen LogP contribution in [-0.4, -0.2) is 43.9 Å². The van der Waals surface area contributed by atoms with Crippen molar-refractivity contribution in [1.82, 2.24) is 19.7 Å². The van der Waals surface area contributed by atoms with E-state index in [2.05, 4.69) is 15.1 Å². The summed E-state index contributed by atoms with van der Waals surface area (Å²) in [6, 6.07) is 14.5. The van der Waals surface area contributed by atoms with Crippen LogP contribution in [0, 0.1) is 0 Å². The molecule has 4 rings (SSSR count). The summed E-state index contributed by atoms with van der Waals surface area (Å²) >= 11 is 0. The highest BCUT2D eigenvalue weighted by atomic mass is 19.3. The molecule has 0 bridgehead atoms. The molecule has 9 heteroatoms. The molecule has 3 heterocycles. The van der Waals surface area contributed by atoms with Gasteiger partial charge in [-0.3, -0.25) is 4.98 Å². The Morgan fingerprint density at radius 1 is 1.09 bits per heavy atom. The van der Waals surface area contributed by atoms with E-state index in [0.29, 0.717) is 35.3 Å². The first kappa shape index (κ1) is 22.8. The Bertz CT molecular complexity index is 1260. The molecule has 0 radical (unpaired) electrons. The molecule has 3 aromatic heterocycles. The lowest BCUT2D eigenvalue weighted by Gasteiger charge is -2.14. The van der Waals surface area contributed by atoms with Gasteiger partial charge in [0, 0.05) is 17.7 Å². The van der Waals surface area contributed by atoms with Gasteiger partial charge >= 0.3 is 0 Å². The Morgan fingerprint density at radius 2 is 1.88 bits per heavy atom. The van der Waals surface area contributed by atoms with Crippen LogP contribution in [-0.2, 0) is 13.0 Å². The minimum atomic E-state index is -2.92. The quantitative estimate of drug-likeness (QED) is 0.399. The van der Waals surface area contributed by atoms with Gasteiger partial charge in [0.05, 0.1) is 48.2 Å². The zero-order valence-electron chi connectivity index (χ0n) is 18.2. The molecule has 4 aromatic rings. The molecule has 0 aliphatic rings. The fraction of sp³-hybridized carbons (Fsp3) is 0.292. The highest BCUT2D eigenvalue weighted by molar-refractivity contribution is 5.90. The maximum absolute atomic E-state index is 13.6. The summed E-state index contributed by atoms with van der Waals surface area (Å²) in [6.45, 7) is 1.49. The zero-order chi connectivity index (χ0) is 23.4. The molecule has 7 nitrogen and oxygen atoms in total. The average molecular weight is 453 g/mol. The number of halogens is 2. The molecule has 0 unspecified atom stereocenters. The second-order valence-electron chi connectivity index (χ2n) is 7.62. The highest BCUT2D eigenvalue weighted by Crippen LogP contribution is 2.33. The van der Waals surface area contributed by atoms with Gasteiger partial charge in [-0.2, -0.15) is 5.10 Å². The zero-order valence-corrected chi connectivity index (χ0v) is 18.2. The van der Waals surface area contributed by atoms with Crippen LogP contribution in [0.4, 0.5) is 8.78 Å². The third-order valence-electron chi connectivity index (χ3n) is 5.27. The Hall–Kier alpha value is -3.43. The summed E-state index contributed by atoms with van der Waals surface area (Å²) in [5, 5.41) is 14.7. The summed E-state index contributed by atoms with van der Waals surface area (Å²) < 4.78 is 34.7. The Morgan fingerprint density at radius 3 is 2.64 bits per heavy atom. The largest absolute Gasteiger partial charge is 0.493 e. The maximum Gasteiger partial charge on any atom is 0.260 e. The van der Waals surface area contributed by atoms with Crippen LogP contribution >= 0.6 is 0 Å². The number of aliphatic hydroxyl groups excluding tert-OH is 1. The van der Waals surface area contributed by atoms with Crippen LogP contribution in [0.25, 0.3) is 28.0 Å². The molecule has 0 saturated heterocycles. The van der Waals surface area contributed by atoms with Gasteiger partial charge in [0.2, 0.25) is 0 Å². The second-order valence-corrected chi connectivity index (χ2v) is 7.62. The van der Waals surface area contributed by atoms with Crippen molar-refractivity contribution in [3.05, 3.63) is 66.1 Å². The summed E-state index contributed by atoms with van der Waals surface area (Å²) in [7, 11) is 0. The summed E-state index contributed by atoms with van der Waals surface area (Å²) in [6.07, 6.45) is 1.47. The second kappa shape index (κ2) is 9.60. The average Bonchev–Trinajstić information content (AvgIpc) is 3.28. The van der Waals surface area contributed by atoms with E-state index in [1.165, 1.54) is 0 Å². The van der Waals surface area contributed by atoms with Gasteiger partial charge in [0.1, 0.15) is 5.75 Å². The molecule has 0 saturated carbocycles. The van der Waals surface area contributed by atoms with Gasteiger partial charge in [-0.1, -0.05) is 12.1 Å². The Kier molecular flexibility index (Phi) is 6.62. The van der Waals surface area contributed by atoms with Crippen molar-refractivity contribution in [2.75, 3.05) is 13.2 Å². The van der Waals surface area contributed by atoms with Gasteiger partial charge in [-0.15, -0.1) is 0 Å². The number of rotatable bonds is 9. The Balaban J connectivity index is 1.77. The van der Waals surface area contributed by atoms with Crippen molar-refractivity contribution in [3.63, 3.8) is 0 Å². The number of hydrogen-bond donors (Lipinski definition) is 2. The van der Waals surface area contributed by atoms with Crippen molar-refractivity contribution in [1.29, 1.82) is 0 Å². The number of pyridine rings is 2. The predicted molar refractivity (Wildman–Crippen MR) is 122 cm³/mol. The first-order chi connectivity index (χ1) is 15.9. The maximum atomic E-state index is 13.6. The van der Waals surface area contributed by atoms with Crippen LogP contribution in [0.1, 0.15) is 24.7 Å². The van der Waals surface area contributed by atoms with Crippen molar-refractivity contribution in [2.45, 2.75) is 32.3 Å². The number of nitrogens with two attached hydrogens (primary N) is 1. The monoisotopic (exact) mass is 453 g/mol. The smallest absolute Gasteiger partial charge is 0.260 e. The minimum absolute atomic E-state index is 0.119. The van der Waals surface area contributed by atoms with E-state index in [-0.39, 0.29) is 19.4 Å². The van der Waals surface area contributed by atoms with Gasteiger partial charge < -0.3 is 15.6 Å². The van der Waals surface area contributed by atoms with E-state index < -0.39 is 12.5 Å². The van der Waals surface area contributed by atoms with Crippen molar-refractivity contribution < 1.29 is 18.6 Å². The first-order valence-electron chi connectivity index (χ1n) is 10.7. The number of hydrogen-bond acceptors (Lipinski definition) is 6. The molecular weight excluding hydrogens is 428 g/mol. The van der Waals surface area contributed by atoms with E-state index in [4.69, 9.17) is 10.5 Å². The molecule has 0 fully saturated rings. The number of alkyl halides is 2. The number of aromatic nitrogens is 4. The van der Waals surface area contributed by atoms with Crippen LogP contribution in [0.2, 0.25) is 0 Å². The molecule has 0 amide bonds. The third kappa shape index (κ3) is 4.99. The summed E-state index contributed by atoms with van der Waals surface area (Å²) in [5.41, 5.74) is 8.38. The highest BCUT2D eigenvalue weighted by Gasteiger charge is 2.26. The van der Waals surface area contributed by atoms with Gasteiger partial charge in [0.25, 0.3) is 5.92 Å². The topological polar surface area (TPSA) is 99.1 Å². The number of benzene rings is 1. The van der Waals surface area contributed by atoms with E-state index in [1.807, 2.05) is 25.1 Å². The molecule has 0 atom stereocenters. The van der Waals surface area contributed by atoms with Crippen LogP contribution in [0.15, 0.2) is 54.7 Å². The predicted octanol–water partition coefficient (Wildman–Crippen LogP) is 3.90. The van der Waals surface area contributed by atoms with Gasteiger partial charge in [-0.25, -0.2) is 18.4 Å². The normalized spacial score (nSPS) is 11.8. The lowest BCUT2D eigenvalue weighted by Crippen LogP contribution is -2.28. The van der Waals surface area contributed by atoms with E-state index in [1.54, 1.807) is 41.2 Å². The number of nitrogens with zero attached hydrogens (tertiary/aromatic N) is 4. The molecular formula is C24H25F2N5O2.